The minimum Gasteiger partial charge on any atom is -0.299 e. The van der Waals surface area contributed by atoms with Crippen molar-refractivity contribution in [3.05, 3.63) is 6.92 Å². The quantitative estimate of drug-likeness (QED) is 0.512. The van der Waals surface area contributed by atoms with Crippen LogP contribution >= 0.6 is 0 Å². The number of hydrogen-bond acceptors (Lipinski definition) is 1. The summed E-state index contributed by atoms with van der Waals surface area (Å²) in [5, 5.41) is 0. The SMILES string of the molecule is [CH2]C(C)C(=O)CC. The predicted octanol–water partition coefficient (Wildman–Crippen LogP) is 1.44. The molecule has 0 spiro atoms. The van der Waals surface area contributed by atoms with Crippen LogP contribution < -0.4 is 0 Å². The Morgan fingerprint density at radius 3 is 2.29 bits per heavy atom. The first-order valence-corrected chi connectivity index (χ1v) is 2.54. The molecule has 0 fully saturated rings. The summed E-state index contributed by atoms with van der Waals surface area (Å²) in [6.45, 7) is 7.22. The van der Waals surface area contributed by atoms with E-state index in [1.807, 2.05) is 13.8 Å². The van der Waals surface area contributed by atoms with E-state index in [1.54, 1.807) is 0 Å². The zero-order valence-electron chi connectivity index (χ0n) is 4.90. The van der Waals surface area contributed by atoms with Crippen molar-refractivity contribution >= 4 is 5.78 Å². The lowest BCUT2D eigenvalue weighted by molar-refractivity contribution is -0.120. The number of ketones is 1. The van der Waals surface area contributed by atoms with Gasteiger partial charge in [0.1, 0.15) is 5.78 Å². The lowest BCUT2D eigenvalue weighted by Crippen LogP contribution is -2.03. The van der Waals surface area contributed by atoms with Crippen molar-refractivity contribution in [1.29, 1.82) is 0 Å². The van der Waals surface area contributed by atoms with Gasteiger partial charge >= 0.3 is 0 Å². The minimum absolute atomic E-state index is 0.0231. The van der Waals surface area contributed by atoms with E-state index in [0.29, 0.717) is 6.42 Å². The molecule has 1 atom stereocenters. The summed E-state index contributed by atoms with van der Waals surface area (Å²) >= 11 is 0. The number of rotatable bonds is 2. The van der Waals surface area contributed by atoms with Crippen molar-refractivity contribution in [1.82, 2.24) is 0 Å². The van der Waals surface area contributed by atoms with Gasteiger partial charge in [0.05, 0.1) is 0 Å². The fourth-order valence-corrected chi connectivity index (χ4v) is 0.348. The van der Waals surface area contributed by atoms with Crippen LogP contribution in [0, 0.1) is 12.8 Å². The third-order valence-electron chi connectivity index (χ3n) is 0.898. The topological polar surface area (TPSA) is 17.1 Å². The molecule has 1 heteroatoms. The molecule has 0 rings (SSSR count). The molecular formula is C6H11O. The second-order valence-corrected chi connectivity index (χ2v) is 1.72. The fraction of sp³-hybridized carbons (Fsp3) is 0.667. The molecular weight excluding hydrogens is 88.1 g/mol. The Kier molecular flexibility index (Phi) is 2.65. The van der Waals surface area contributed by atoms with Gasteiger partial charge < -0.3 is 0 Å². The van der Waals surface area contributed by atoms with Crippen LogP contribution in [0.4, 0.5) is 0 Å². The van der Waals surface area contributed by atoms with Crippen LogP contribution in [-0.2, 0) is 4.79 Å². The van der Waals surface area contributed by atoms with Gasteiger partial charge in [-0.2, -0.15) is 0 Å². The summed E-state index contributed by atoms with van der Waals surface area (Å²) in [4.78, 5) is 10.4. The first kappa shape index (κ1) is 6.67. The van der Waals surface area contributed by atoms with Crippen LogP contribution in [0.1, 0.15) is 20.3 Å². The molecule has 0 heterocycles. The summed E-state index contributed by atoms with van der Waals surface area (Å²) in [6.07, 6.45) is 0.616. The van der Waals surface area contributed by atoms with Gasteiger partial charge in [-0.3, -0.25) is 4.79 Å². The Balaban J connectivity index is 3.35. The average molecular weight is 99.2 g/mol. The van der Waals surface area contributed by atoms with Crippen molar-refractivity contribution in [3.8, 4) is 0 Å². The zero-order valence-corrected chi connectivity index (χ0v) is 4.90. The van der Waals surface area contributed by atoms with Gasteiger partial charge in [-0.1, -0.05) is 13.8 Å². The maximum absolute atomic E-state index is 10.4. The van der Waals surface area contributed by atoms with E-state index in [0.717, 1.165) is 0 Å². The van der Waals surface area contributed by atoms with Gasteiger partial charge in [-0.25, -0.2) is 0 Å². The van der Waals surface area contributed by atoms with Gasteiger partial charge in [-0.05, 0) is 6.92 Å². The van der Waals surface area contributed by atoms with E-state index < -0.39 is 0 Å². The molecule has 1 radical (unpaired) electrons. The first-order valence-electron chi connectivity index (χ1n) is 2.54. The van der Waals surface area contributed by atoms with Crippen LogP contribution in [0.25, 0.3) is 0 Å². The van der Waals surface area contributed by atoms with Crippen molar-refractivity contribution in [2.24, 2.45) is 5.92 Å². The number of carbonyl (C=O) groups is 1. The molecule has 0 aromatic carbocycles. The molecule has 7 heavy (non-hydrogen) atoms. The molecule has 41 valence electrons. The first-order chi connectivity index (χ1) is 3.18. The van der Waals surface area contributed by atoms with Gasteiger partial charge in [0.25, 0.3) is 0 Å². The highest BCUT2D eigenvalue weighted by atomic mass is 16.1. The van der Waals surface area contributed by atoms with Crippen LogP contribution in [-0.4, -0.2) is 5.78 Å². The smallest absolute Gasteiger partial charge is 0.135 e. The summed E-state index contributed by atoms with van der Waals surface area (Å²) in [5.41, 5.74) is 0. The Labute approximate surface area is 44.7 Å². The molecule has 0 aromatic rings. The normalized spacial score (nSPS) is 9.71. The number of carbonyl (C=O) groups excluding carboxylic acids is 1. The highest BCUT2D eigenvalue weighted by Gasteiger charge is 2.00. The van der Waals surface area contributed by atoms with E-state index in [2.05, 4.69) is 6.92 Å². The van der Waals surface area contributed by atoms with Gasteiger partial charge in [0.2, 0.25) is 0 Å². The third-order valence-corrected chi connectivity index (χ3v) is 0.898. The average Bonchev–Trinajstić information content (AvgIpc) is 1.65. The summed E-state index contributed by atoms with van der Waals surface area (Å²) in [5.74, 6) is 0.213. The highest BCUT2D eigenvalue weighted by Crippen LogP contribution is 1.95. The van der Waals surface area contributed by atoms with E-state index in [9.17, 15) is 4.79 Å². The Morgan fingerprint density at radius 2 is 2.29 bits per heavy atom. The molecule has 0 saturated carbocycles. The lowest BCUT2D eigenvalue weighted by atomic mass is 10.1. The molecule has 0 aromatic heterocycles. The van der Waals surface area contributed by atoms with E-state index in [-0.39, 0.29) is 11.7 Å². The maximum atomic E-state index is 10.4. The molecule has 0 amide bonds. The van der Waals surface area contributed by atoms with Crippen LogP contribution in [0.5, 0.6) is 0 Å². The maximum Gasteiger partial charge on any atom is 0.135 e. The molecule has 0 aliphatic carbocycles. The molecule has 0 N–H and O–H groups in total. The third kappa shape index (κ3) is 2.38. The van der Waals surface area contributed by atoms with Crippen molar-refractivity contribution in [3.63, 3.8) is 0 Å². The highest BCUT2D eigenvalue weighted by molar-refractivity contribution is 5.80. The van der Waals surface area contributed by atoms with Crippen molar-refractivity contribution < 1.29 is 4.79 Å². The zero-order chi connectivity index (χ0) is 5.86. The monoisotopic (exact) mass is 99.1 g/mol. The molecule has 0 aliphatic heterocycles. The predicted molar refractivity (Wildman–Crippen MR) is 29.8 cm³/mol. The van der Waals surface area contributed by atoms with Crippen molar-refractivity contribution in [2.45, 2.75) is 20.3 Å². The molecule has 0 bridgehead atoms. The van der Waals surface area contributed by atoms with Crippen LogP contribution in [0.2, 0.25) is 0 Å². The second-order valence-electron chi connectivity index (χ2n) is 1.72. The fourth-order valence-electron chi connectivity index (χ4n) is 0.348. The Morgan fingerprint density at radius 1 is 1.86 bits per heavy atom. The molecule has 1 unspecified atom stereocenters. The number of hydrogen-bond donors (Lipinski definition) is 0. The van der Waals surface area contributed by atoms with Gasteiger partial charge in [0.15, 0.2) is 0 Å². The number of Topliss-reactive ketones (excluding diaryl/α,β-unsaturated/α-hetero) is 1. The summed E-state index contributed by atoms with van der Waals surface area (Å²) in [7, 11) is 0. The molecule has 0 saturated heterocycles. The molecule has 0 aliphatic rings. The van der Waals surface area contributed by atoms with Gasteiger partial charge in [-0.15, -0.1) is 0 Å². The Hall–Kier alpha value is -0.330. The van der Waals surface area contributed by atoms with Crippen molar-refractivity contribution in [2.75, 3.05) is 0 Å². The summed E-state index contributed by atoms with van der Waals surface area (Å²) in [6, 6.07) is 0. The molecule has 1 nitrogen and oxygen atoms in total. The largest absolute Gasteiger partial charge is 0.299 e. The van der Waals surface area contributed by atoms with E-state index >= 15 is 0 Å². The standard InChI is InChI=1S/C6H11O/c1-4-6(7)5(2)3/h5H,2,4H2,1,3H3. The van der Waals surface area contributed by atoms with Crippen LogP contribution in [0.15, 0.2) is 0 Å². The summed E-state index contributed by atoms with van der Waals surface area (Å²) < 4.78 is 0. The van der Waals surface area contributed by atoms with E-state index in [4.69, 9.17) is 0 Å². The lowest BCUT2D eigenvalue weighted by Gasteiger charge is -1.95. The van der Waals surface area contributed by atoms with E-state index in [1.165, 1.54) is 0 Å². The van der Waals surface area contributed by atoms with Gasteiger partial charge in [0, 0.05) is 12.3 Å². The van der Waals surface area contributed by atoms with Crippen LogP contribution in [0.3, 0.4) is 0 Å². The minimum atomic E-state index is -0.0231. The second kappa shape index (κ2) is 2.78. The Bertz CT molecular complexity index is 64.6.